The number of benzene rings is 1. The quantitative estimate of drug-likeness (QED) is 0.728. The molecule has 0 aliphatic carbocycles. The Balaban J connectivity index is 1.92. The van der Waals surface area contributed by atoms with Crippen molar-refractivity contribution in [2.75, 3.05) is 0 Å². The molecule has 3 nitrogen and oxygen atoms in total. The van der Waals surface area contributed by atoms with Crippen molar-refractivity contribution in [2.24, 2.45) is 0 Å². The Kier molecular flexibility index (Phi) is 3.60. The van der Waals surface area contributed by atoms with Crippen molar-refractivity contribution in [3.8, 4) is 11.4 Å². The van der Waals surface area contributed by atoms with Crippen molar-refractivity contribution in [2.45, 2.75) is 6.54 Å². The van der Waals surface area contributed by atoms with E-state index in [1.165, 1.54) is 12.1 Å². The Morgan fingerprint density at radius 3 is 2.70 bits per heavy atom. The van der Waals surface area contributed by atoms with Gasteiger partial charge >= 0.3 is 0 Å². The smallest absolute Gasteiger partial charge is 0.141 e. The number of rotatable bonds is 3. The minimum atomic E-state index is -0.226. The third-order valence-corrected chi connectivity index (χ3v) is 3.38. The van der Waals surface area contributed by atoms with Crippen molar-refractivity contribution < 1.29 is 4.39 Å². The minimum Gasteiger partial charge on any atom is -0.327 e. The van der Waals surface area contributed by atoms with E-state index in [1.807, 2.05) is 16.8 Å². The molecule has 3 rings (SSSR count). The highest BCUT2D eigenvalue weighted by Crippen LogP contribution is 2.21. The van der Waals surface area contributed by atoms with E-state index in [0.29, 0.717) is 6.54 Å². The second kappa shape index (κ2) is 5.54. The molecule has 20 heavy (non-hydrogen) atoms. The fourth-order valence-corrected chi connectivity index (χ4v) is 2.38. The maximum absolute atomic E-state index is 12.9. The molecular weight excluding hydrogens is 321 g/mol. The average Bonchev–Trinajstić information content (AvgIpc) is 2.89. The van der Waals surface area contributed by atoms with E-state index < -0.39 is 0 Å². The van der Waals surface area contributed by atoms with Gasteiger partial charge in [-0.05, 0) is 39.7 Å². The number of hydrogen-bond acceptors (Lipinski definition) is 2. The van der Waals surface area contributed by atoms with Crippen LogP contribution in [0.5, 0.6) is 0 Å². The van der Waals surface area contributed by atoms with Gasteiger partial charge in [-0.2, -0.15) is 0 Å². The molecule has 0 unspecified atom stereocenters. The zero-order valence-corrected chi connectivity index (χ0v) is 12.1. The van der Waals surface area contributed by atoms with Crippen molar-refractivity contribution >= 4 is 15.9 Å². The van der Waals surface area contributed by atoms with Crippen LogP contribution in [0.25, 0.3) is 11.4 Å². The SMILES string of the molecule is Fc1ccc(Cn2ccnc2-c2cncc(Br)c2)cc1. The number of aromatic nitrogens is 3. The normalized spacial score (nSPS) is 10.7. The minimum absolute atomic E-state index is 0.226. The van der Waals surface area contributed by atoms with Crippen LogP contribution in [-0.4, -0.2) is 14.5 Å². The summed E-state index contributed by atoms with van der Waals surface area (Å²) in [6, 6.07) is 8.45. The molecule has 0 atom stereocenters. The van der Waals surface area contributed by atoms with Gasteiger partial charge in [0.15, 0.2) is 0 Å². The third kappa shape index (κ3) is 2.77. The molecule has 0 bridgehead atoms. The molecule has 0 N–H and O–H groups in total. The van der Waals surface area contributed by atoms with E-state index >= 15 is 0 Å². The first kappa shape index (κ1) is 13.0. The van der Waals surface area contributed by atoms with Crippen LogP contribution < -0.4 is 0 Å². The predicted octanol–water partition coefficient (Wildman–Crippen LogP) is 3.90. The van der Waals surface area contributed by atoms with Crippen LogP contribution in [-0.2, 0) is 6.54 Å². The van der Waals surface area contributed by atoms with Crippen LogP contribution in [0, 0.1) is 5.82 Å². The van der Waals surface area contributed by atoms with Crippen molar-refractivity contribution in [3.05, 3.63) is 71.0 Å². The maximum Gasteiger partial charge on any atom is 0.141 e. The maximum atomic E-state index is 12.9. The summed E-state index contributed by atoms with van der Waals surface area (Å²) in [5.41, 5.74) is 1.96. The standard InChI is InChI=1S/C15H11BrFN3/c16-13-7-12(8-18-9-13)15-19-5-6-20(15)10-11-1-3-14(17)4-2-11/h1-9H,10H2. The highest BCUT2D eigenvalue weighted by molar-refractivity contribution is 9.10. The summed E-state index contributed by atoms with van der Waals surface area (Å²) in [6.45, 7) is 0.641. The zero-order chi connectivity index (χ0) is 13.9. The summed E-state index contributed by atoms with van der Waals surface area (Å²) in [5.74, 6) is 0.610. The lowest BCUT2D eigenvalue weighted by molar-refractivity contribution is 0.626. The zero-order valence-electron chi connectivity index (χ0n) is 10.5. The number of nitrogens with zero attached hydrogens (tertiary/aromatic N) is 3. The van der Waals surface area contributed by atoms with Crippen LogP contribution in [0.15, 0.2) is 59.6 Å². The van der Waals surface area contributed by atoms with Gasteiger partial charge in [0.05, 0.1) is 0 Å². The molecule has 100 valence electrons. The van der Waals surface area contributed by atoms with Crippen molar-refractivity contribution in [1.29, 1.82) is 0 Å². The molecule has 0 spiro atoms. The molecule has 2 aromatic heterocycles. The van der Waals surface area contributed by atoms with Crippen LogP contribution >= 0.6 is 15.9 Å². The first-order chi connectivity index (χ1) is 9.72. The van der Waals surface area contributed by atoms with Crippen molar-refractivity contribution in [3.63, 3.8) is 0 Å². The summed E-state index contributed by atoms with van der Waals surface area (Å²) >= 11 is 3.41. The summed E-state index contributed by atoms with van der Waals surface area (Å²) in [4.78, 5) is 8.52. The van der Waals surface area contributed by atoms with Gasteiger partial charge in [-0.3, -0.25) is 4.98 Å². The fraction of sp³-hybridized carbons (Fsp3) is 0.0667. The van der Waals surface area contributed by atoms with Crippen LogP contribution in [0.2, 0.25) is 0 Å². The van der Waals surface area contributed by atoms with Gasteiger partial charge in [-0.1, -0.05) is 12.1 Å². The molecular formula is C15H11BrFN3. The van der Waals surface area contributed by atoms with E-state index in [-0.39, 0.29) is 5.82 Å². The van der Waals surface area contributed by atoms with Gasteiger partial charge in [0.25, 0.3) is 0 Å². The van der Waals surface area contributed by atoms with Crippen molar-refractivity contribution in [1.82, 2.24) is 14.5 Å². The summed E-state index contributed by atoms with van der Waals surface area (Å²) < 4.78 is 15.8. The molecule has 0 aliphatic heterocycles. The predicted molar refractivity (Wildman–Crippen MR) is 78.7 cm³/mol. The molecule has 2 heterocycles. The van der Waals surface area contributed by atoms with Gasteiger partial charge in [-0.25, -0.2) is 9.37 Å². The molecule has 0 radical (unpaired) electrons. The first-order valence-corrected chi connectivity index (χ1v) is 6.88. The number of halogens is 2. The summed E-state index contributed by atoms with van der Waals surface area (Å²) in [7, 11) is 0. The summed E-state index contributed by atoms with van der Waals surface area (Å²) in [6.07, 6.45) is 7.16. The van der Waals surface area contributed by atoms with Crippen LogP contribution in [0.4, 0.5) is 4.39 Å². The van der Waals surface area contributed by atoms with Gasteiger partial charge in [0, 0.05) is 41.4 Å². The average molecular weight is 332 g/mol. The Hall–Kier alpha value is -2.01. The monoisotopic (exact) mass is 331 g/mol. The van der Waals surface area contributed by atoms with E-state index in [1.54, 1.807) is 30.7 Å². The highest BCUT2D eigenvalue weighted by atomic mass is 79.9. The first-order valence-electron chi connectivity index (χ1n) is 6.09. The van der Waals surface area contributed by atoms with Gasteiger partial charge in [-0.15, -0.1) is 0 Å². The second-order valence-electron chi connectivity index (χ2n) is 4.40. The van der Waals surface area contributed by atoms with E-state index in [0.717, 1.165) is 21.4 Å². The topological polar surface area (TPSA) is 30.7 Å². The third-order valence-electron chi connectivity index (χ3n) is 2.94. The van der Waals surface area contributed by atoms with E-state index in [9.17, 15) is 4.39 Å². The lowest BCUT2D eigenvalue weighted by Crippen LogP contribution is -2.01. The molecule has 1 aromatic carbocycles. The Labute approximate surface area is 124 Å². The molecule has 0 saturated heterocycles. The fourth-order valence-electron chi connectivity index (χ4n) is 2.02. The van der Waals surface area contributed by atoms with Crippen LogP contribution in [0.1, 0.15) is 5.56 Å². The Morgan fingerprint density at radius 2 is 1.95 bits per heavy atom. The molecule has 0 fully saturated rings. The van der Waals surface area contributed by atoms with Gasteiger partial charge in [0.2, 0.25) is 0 Å². The molecule has 0 saturated carbocycles. The van der Waals surface area contributed by atoms with Crippen LogP contribution in [0.3, 0.4) is 0 Å². The Morgan fingerprint density at radius 1 is 1.15 bits per heavy atom. The lowest BCUT2D eigenvalue weighted by Gasteiger charge is -2.08. The molecule has 5 heteroatoms. The lowest BCUT2D eigenvalue weighted by atomic mass is 10.2. The highest BCUT2D eigenvalue weighted by Gasteiger charge is 2.07. The van der Waals surface area contributed by atoms with Gasteiger partial charge < -0.3 is 4.57 Å². The van der Waals surface area contributed by atoms with E-state index in [2.05, 4.69) is 25.9 Å². The molecule has 3 aromatic rings. The number of hydrogen-bond donors (Lipinski definition) is 0. The Bertz CT molecular complexity index is 722. The van der Waals surface area contributed by atoms with E-state index in [4.69, 9.17) is 0 Å². The largest absolute Gasteiger partial charge is 0.327 e. The molecule has 0 aliphatic rings. The molecule has 0 amide bonds. The second-order valence-corrected chi connectivity index (χ2v) is 5.31. The van der Waals surface area contributed by atoms with Gasteiger partial charge in [0.1, 0.15) is 11.6 Å². The number of pyridine rings is 1. The number of imidazole rings is 1. The summed E-state index contributed by atoms with van der Waals surface area (Å²) in [5, 5.41) is 0.